The van der Waals surface area contributed by atoms with Crippen molar-refractivity contribution in [2.45, 2.75) is 58.0 Å². The third-order valence-electron chi connectivity index (χ3n) is 4.25. The van der Waals surface area contributed by atoms with E-state index in [2.05, 4.69) is 10.6 Å². The van der Waals surface area contributed by atoms with Gasteiger partial charge in [-0.05, 0) is 46.1 Å². The van der Waals surface area contributed by atoms with E-state index in [0.29, 0.717) is 11.8 Å². The number of likely N-dealkylation sites (N-methyl/N-ethyl adjacent to an activating group) is 1. The van der Waals surface area contributed by atoms with Crippen molar-refractivity contribution in [2.24, 2.45) is 5.92 Å². The SMILES string of the molecule is CCNC(C)(C)C(=O)NC1CCN(C(=O)C2CC2)CC1. The van der Waals surface area contributed by atoms with Gasteiger partial charge in [0, 0.05) is 25.0 Å². The quantitative estimate of drug-likeness (QED) is 0.787. The van der Waals surface area contributed by atoms with Gasteiger partial charge in [-0.15, -0.1) is 0 Å². The first-order valence-electron chi connectivity index (χ1n) is 7.79. The third-order valence-corrected chi connectivity index (χ3v) is 4.25. The number of rotatable bonds is 5. The summed E-state index contributed by atoms with van der Waals surface area (Å²) in [4.78, 5) is 26.1. The fourth-order valence-corrected chi connectivity index (χ4v) is 2.72. The Kier molecular flexibility index (Phi) is 4.68. The largest absolute Gasteiger partial charge is 0.352 e. The van der Waals surface area contributed by atoms with Crippen LogP contribution >= 0.6 is 0 Å². The Morgan fingerprint density at radius 2 is 1.75 bits per heavy atom. The number of piperidine rings is 1. The minimum atomic E-state index is -0.532. The maximum atomic E-state index is 12.2. The van der Waals surface area contributed by atoms with Crippen LogP contribution in [-0.4, -0.2) is 47.9 Å². The Hall–Kier alpha value is -1.10. The minimum Gasteiger partial charge on any atom is -0.352 e. The molecule has 0 unspecified atom stereocenters. The van der Waals surface area contributed by atoms with Gasteiger partial charge in [0.05, 0.1) is 5.54 Å². The highest BCUT2D eigenvalue weighted by Gasteiger charge is 2.35. The Labute approximate surface area is 121 Å². The molecule has 20 heavy (non-hydrogen) atoms. The molecule has 114 valence electrons. The summed E-state index contributed by atoms with van der Waals surface area (Å²) in [7, 11) is 0. The number of likely N-dealkylation sites (tertiary alicyclic amines) is 1. The second kappa shape index (κ2) is 6.12. The Balaban J connectivity index is 1.76. The van der Waals surface area contributed by atoms with Crippen LogP contribution in [0, 0.1) is 5.92 Å². The summed E-state index contributed by atoms with van der Waals surface area (Å²) in [6.45, 7) is 8.13. The zero-order valence-corrected chi connectivity index (χ0v) is 12.9. The smallest absolute Gasteiger partial charge is 0.239 e. The lowest BCUT2D eigenvalue weighted by Gasteiger charge is -2.34. The van der Waals surface area contributed by atoms with E-state index < -0.39 is 5.54 Å². The average molecular weight is 281 g/mol. The van der Waals surface area contributed by atoms with Crippen molar-refractivity contribution in [2.75, 3.05) is 19.6 Å². The summed E-state index contributed by atoms with van der Waals surface area (Å²) in [5.41, 5.74) is -0.532. The van der Waals surface area contributed by atoms with E-state index in [1.54, 1.807) is 0 Å². The van der Waals surface area contributed by atoms with Crippen molar-refractivity contribution in [3.8, 4) is 0 Å². The molecule has 0 spiro atoms. The molecular formula is C15H27N3O2. The van der Waals surface area contributed by atoms with Gasteiger partial charge in [0.25, 0.3) is 0 Å². The fourth-order valence-electron chi connectivity index (χ4n) is 2.72. The molecule has 0 aromatic carbocycles. The second-order valence-electron chi connectivity index (χ2n) is 6.50. The predicted molar refractivity (Wildman–Crippen MR) is 78.2 cm³/mol. The van der Waals surface area contributed by atoms with Crippen LogP contribution in [-0.2, 0) is 9.59 Å². The summed E-state index contributed by atoms with van der Waals surface area (Å²) in [6.07, 6.45) is 3.86. The zero-order chi connectivity index (χ0) is 14.8. The topological polar surface area (TPSA) is 61.4 Å². The van der Waals surface area contributed by atoms with Gasteiger partial charge in [0.15, 0.2) is 0 Å². The van der Waals surface area contributed by atoms with Gasteiger partial charge in [-0.2, -0.15) is 0 Å². The van der Waals surface area contributed by atoms with Crippen molar-refractivity contribution < 1.29 is 9.59 Å². The third kappa shape index (κ3) is 3.72. The first kappa shape index (κ1) is 15.3. The van der Waals surface area contributed by atoms with E-state index in [9.17, 15) is 9.59 Å². The highest BCUT2D eigenvalue weighted by Crippen LogP contribution is 2.31. The molecule has 2 amide bonds. The van der Waals surface area contributed by atoms with Crippen molar-refractivity contribution in [1.29, 1.82) is 0 Å². The molecule has 0 aromatic rings. The zero-order valence-electron chi connectivity index (χ0n) is 12.9. The standard InChI is InChI=1S/C15H27N3O2/c1-4-16-15(2,3)14(20)17-12-7-9-18(10-8-12)13(19)11-5-6-11/h11-12,16H,4-10H2,1-3H3,(H,17,20). The van der Waals surface area contributed by atoms with Crippen LogP contribution in [0.4, 0.5) is 0 Å². The summed E-state index contributed by atoms with van der Waals surface area (Å²) in [5, 5.41) is 6.29. The molecule has 1 heterocycles. The van der Waals surface area contributed by atoms with E-state index in [1.807, 2.05) is 25.7 Å². The molecule has 2 N–H and O–H groups in total. The van der Waals surface area contributed by atoms with Crippen LogP contribution < -0.4 is 10.6 Å². The van der Waals surface area contributed by atoms with E-state index >= 15 is 0 Å². The van der Waals surface area contributed by atoms with Crippen LogP contribution in [0.25, 0.3) is 0 Å². The van der Waals surface area contributed by atoms with Crippen molar-refractivity contribution in [1.82, 2.24) is 15.5 Å². The molecule has 1 saturated heterocycles. The van der Waals surface area contributed by atoms with Crippen molar-refractivity contribution >= 4 is 11.8 Å². The molecule has 1 aliphatic carbocycles. The van der Waals surface area contributed by atoms with Crippen LogP contribution in [0.5, 0.6) is 0 Å². The van der Waals surface area contributed by atoms with E-state index in [-0.39, 0.29) is 11.9 Å². The maximum absolute atomic E-state index is 12.2. The van der Waals surface area contributed by atoms with Crippen LogP contribution in [0.2, 0.25) is 0 Å². The Morgan fingerprint density at radius 1 is 1.15 bits per heavy atom. The monoisotopic (exact) mass is 281 g/mol. The van der Waals surface area contributed by atoms with Gasteiger partial charge in [0.1, 0.15) is 0 Å². The number of amides is 2. The molecule has 1 saturated carbocycles. The first-order chi connectivity index (χ1) is 9.44. The number of nitrogens with zero attached hydrogens (tertiary/aromatic N) is 1. The van der Waals surface area contributed by atoms with Crippen molar-refractivity contribution in [3.63, 3.8) is 0 Å². The lowest BCUT2D eigenvalue weighted by atomic mass is 10.00. The molecule has 1 aliphatic heterocycles. The van der Waals surface area contributed by atoms with E-state index in [0.717, 1.165) is 45.3 Å². The number of carbonyl (C=O) groups excluding carboxylic acids is 2. The fraction of sp³-hybridized carbons (Fsp3) is 0.867. The van der Waals surface area contributed by atoms with Crippen molar-refractivity contribution in [3.05, 3.63) is 0 Å². The average Bonchev–Trinajstić information content (AvgIpc) is 3.23. The number of hydrogen-bond donors (Lipinski definition) is 2. The van der Waals surface area contributed by atoms with Gasteiger partial charge in [-0.1, -0.05) is 6.92 Å². The molecule has 0 atom stereocenters. The minimum absolute atomic E-state index is 0.0475. The predicted octanol–water partition coefficient (Wildman–Crippen LogP) is 0.892. The van der Waals surface area contributed by atoms with Gasteiger partial charge < -0.3 is 15.5 Å². The molecule has 2 rings (SSSR count). The molecule has 2 fully saturated rings. The molecule has 2 aliphatic rings. The Morgan fingerprint density at radius 3 is 2.25 bits per heavy atom. The molecule has 0 radical (unpaired) electrons. The summed E-state index contributed by atoms with van der Waals surface area (Å²) in [6, 6.07) is 0.198. The van der Waals surface area contributed by atoms with Gasteiger partial charge >= 0.3 is 0 Å². The molecule has 0 bridgehead atoms. The highest BCUT2D eigenvalue weighted by atomic mass is 16.2. The number of hydrogen-bond acceptors (Lipinski definition) is 3. The van der Waals surface area contributed by atoms with E-state index in [4.69, 9.17) is 0 Å². The van der Waals surface area contributed by atoms with Gasteiger partial charge in [-0.25, -0.2) is 0 Å². The van der Waals surface area contributed by atoms with Crippen LogP contribution in [0.1, 0.15) is 46.5 Å². The van der Waals surface area contributed by atoms with Crippen LogP contribution in [0.3, 0.4) is 0 Å². The Bertz CT molecular complexity index is 369. The second-order valence-corrected chi connectivity index (χ2v) is 6.50. The number of carbonyl (C=O) groups is 2. The summed E-state index contributed by atoms with van der Waals surface area (Å²) in [5.74, 6) is 0.669. The molecule has 5 heteroatoms. The normalized spacial score (nSPS) is 20.9. The number of nitrogens with one attached hydrogen (secondary N) is 2. The first-order valence-corrected chi connectivity index (χ1v) is 7.79. The molecule has 0 aromatic heterocycles. The van der Waals surface area contributed by atoms with Crippen LogP contribution in [0.15, 0.2) is 0 Å². The van der Waals surface area contributed by atoms with Gasteiger partial charge in [-0.3, -0.25) is 9.59 Å². The molecule has 5 nitrogen and oxygen atoms in total. The molecular weight excluding hydrogens is 254 g/mol. The highest BCUT2D eigenvalue weighted by molar-refractivity contribution is 5.85. The maximum Gasteiger partial charge on any atom is 0.239 e. The summed E-state index contributed by atoms with van der Waals surface area (Å²) < 4.78 is 0. The van der Waals surface area contributed by atoms with Gasteiger partial charge in [0.2, 0.25) is 11.8 Å². The summed E-state index contributed by atoms with van der Waals surface area (Å²) >= 11 is 0. The lowest BCUT2D eigenvalue weighted by molar-refractivity contribution is -0.134. The lowest BCUT2D eigenvalue weighted by Crippen LogP contribution is -2.56. The van der Waals surface area contributed by atoms with E-state index in [1.165, 1.54) is 0 Å².